The summed E-state index contributed by atoms with van der Waals surface area (Å²) in [5, 5.41) is 21.1. The molecule has 7 aromatic carbocycles. The maximum Gasteiger partial charge on any atom is 0.316 e. The number of rotatable bonds is 8. The van der Waals surface area contributed by atoms with Crippen LogP contribution in [0.5, 0.6) is 0 Å². The molecule has 0 saturated heterocycles. The Kier molecular flexibility index (Phi) is 45.6. The van der Waals surface area contributed by atoms with Gasteiger partial charge in [0.05, 0.1) is 10.0 Å². The van der Waals surface area contributed by atoms with Crippen LogP contribution in [-0.2, 0) is 20.8 Å². The molecule has 0 aliphatic heterocycles. The standard InChI is InChI=1S/C16H17N3O2.C10H13N3O2.C7H6Cl2N2O.C7H7ClN2O.2C6H6.C3H7NO.C3H8.C2H6N2O.CH4/c1-11(20)18-14-6-2-12(3-7-14)10-13-4-8-15(9-5-13)19-16(17)21;1-6-3-4-8(13-10(11)15)5-9(6)12-7(2)14;8-5-2-1-4(3-6(5)9)11-7(10)12;8-5-1-3-6(4-2-5)10-7(9)11;2*1-2-4-6-5-3-1;1-3(5)4-2;1-3-2;1-4-2(3)5;/h2-9H,10H2,1H3,(H,18,20)(H3,17,19,21);3-5H,1-2H3,(H,12,14)(H3,11,13,15);1-3H,(H3,10,11,12);1-4H,(H3,9,10,11);2*1-6H;1-2H3,(H,4,5);3H2,1-2H3;1H3,(H3,3,4,5);1H4. The average Bonchev–Trinajstić information content (AvgIpc) is 3.55. The lowest BCUT2D eigenvalue weighted by Crippen LogP contribution is -2.24. The Morgan fingerprint density at radius 3 is 0.953 bits per heavy atom. The van der Waals surface area contributed by atoms with Crippen molar-refractivity contribution in [3.8, 4) is 0 Å². The molecule has 0 heterocycles. The number of primary amides is 5. The van der Waals surface area contributed by atoms with E-state index in [1.54, 1.807) is 61.6 Å². The van der Waals surface area contributed by atoms with Crippen molar-refractivity contribution in [2.24, 2.45) is 28.7 Å². The molecule has 0 bridgehead atoms. The van der Waals surface area contributed by atoms with Crippen molar-refractivity contribution in [2.75, 3.05) is 46.0 Å². The van der Waals surface area contributed by atoms with E-state index in [0.29, 0.717) is 43.5 Å². The number of urea groups is 5. The Balaban J connectivity index is -0.000000941. The summed E-state index contributed by atoms with van der Waals surface area (Å²) in [5.41, 5.74) is 31.4. The van der Waals surface area contributed by atoms with Crippen molar-refractivity contribution in [3.63, 3.8) is 0 Å². The predicted octanol–water partition coefficient (Wildman–Crippen LogP) is 12.9. The quantitative estimate of drug-likeness (QED) is 0.0692. The van der Waals surface area contributed by atoms with Crippen LogP contribution in [0.15, 0.2) is 182 Å². The predicted molar refractivity (Wildman–Crippen MR) is 350 cm³/mol. The summed E-state index contributed by atoms with van der Waals surface area (Å²) in [5.74, 6) is -0.236. The molecule has 0 aliphatic rings. The minimum absolute atomic E-state index is 0. The van der Waals surface area contributed by atoms with E-state index in [1.807, 2.05) is 128 Å². The molecule has 458 valence electrons. The smallest absolute Gasteiger partial charge is 0.316 e. The van der Waals surface area contributed by atoms with E-state index in [4.69, 9.17) is 57.7 Å². The largest absolute Gasteiger partial charge is 0.359 e. The highest BCUT2D eigenvalue weighted by Gasteiger charge is 2.04. The summed E-state index contributed by atoms with van der Waals surface area (Å²) >= 11 is 16.9. The molecule has 0 unspecified atom stereocenters. The van der Waals surface area contributed by atoms with Gasteiger partial charge in [-0.05, 0) is 109 Å². The monoisotopic (exact) mass is 1230 g/mol. The van der Waals surface area contributed by atoms with Crippen molar-refractivity contribution in [2.45, 2.75) is 61.8 Å². The SMILES string of the molecule is C.CC(=O)Nc1cc(NC(N)=O)ccc1C.CC(=O)Nc1ccc(Cc2ccc(NC(N)=O)cc2)cc1.CCC.CNC(C)=O.CNC(N)=O.NC(=O)Nc1ccc(Cl)c(Cl)c1.NC(=O)Nc1ccc(Cl)cc1.c1ccccc1.c1ccccc1. The number of benzene rings is 7. The van der Waals surface area contributed by atoms with Crippen LogP contribution in [0.2, 0.25) is 15.1 Å². The lowest BCUT2D eigenvalue weighted by Gasteiger charge is -2.09. The summed E-state index contributed by atoms with van der Waals surface area (Å²) in [7, 11) is 3.07. The van der Waals surface area contributed by atoms with E-state index < -0.39 is 30.2 Å². The maximum atomic E-state index is 10.9. The molecule has 85 heavy (non-hydrogen) atoms. The Bertz CT molecular complexity index is 2860. The van der Waals surface area contributed by atoms with E-state index in [1.165, 1.54) is 40.3 Å². The van der Waals surface area contributed by atoms with Gasteiger partial charge in [0.15, 0.2) is 0 Å². The molecule has 0 atom stereocenters. The summed E-state index contributed by atoms with van der Waals surface area (Å²) in [6.45, 7) is 10.5. The molecule has 24 heteroatoms. The molecule has 0 aliphatic carbocycles. The van der Waals surface area contributed by atoms with Gasteiger partial charge in [0.1, 0.15) is 0 Å². The molecule has 0 spiro atoms. The first-order valence-corrected chi connectivity index (χ1v) is 26.3. The molecule has 0 radical (unpaired) electrons. The van der Waals surface area contributed by atoms with E-state index in [0.717, 1.165) is 28.8 Å². The highest BCUT2D eigenvalue weighted by molar-refractivity contribution is 6.42. The molecule has 7 aromatic rings. The topological polar surface area (TPSA) is 363 Å². The molecule has 13 amide bonds. The van der Waals surface area contributed by atoms with Gasteiger partial charge in [-0.1, -0.05) is 166 Å². The molecule has 0 fully saturated rings. The van der Waals surface area contributed by atoms with Crippen LogP contribution < -0.4 is 71.2 Å². The van der Waals surface area contributed by atoms with Crippen molar-refractivity contribution in [1.82, 2.24) is 10.6 Å². The van der Waals surface area contributed by atoms with Crippen LogP contribution in [0.1, 0.15) is 65.2 Å². The second-order valence-electron chi connectivity index (χ2n) is 16.5. The summed E-state index contributed by atoms with van der Waals surface area (Å²) in [6.07, 6.45) is 2.03. The van der Waals surface area contributed by atoms with Crippen LogP contribution in [0.3, 0.4) is 0 Å². The van der Waals surface area contributed by atoms with E-state index in [-0.39, 0.29) is 25.1 Å². The minimum Gasteiger partial charge on any atom is -0.359 e. The highest BCUT2D eigenvalue weighted by atomic mass is 35.5. The lowest BCUT2D eigenvalue weighted by atomic mass is 10.0. The fourth-order valence-electron chi connectivity index (χ4n) is 5.32. The number of nitrogens with one attached hydrogen (secondary N) is 8. The number of amides is 13. The zero-order chi connectivity index (χ0) is 63.8. The van der Waals surface area contributed by atoms with E-state index in [2.05, 4.69) is 62.1 Å². The third-order valence-corrected chi connectivity index (χ3v) is 9.94. The average molecular weight is 1230 g/mol. The van der Waals surface area contributed by atoms with Crippen LogP contribution in [0, 0.1) is 6.92 Å². The number of hydrogen-bond donors (Lipinski definition) is 13. The lowest BCUT2D eigenvalue weighted by molar-refractivity contribution is -0.118. The summed E-state index contributed by atoms with van der Waals surface area (Å²) in [6, 6.07) is 52.8. The van der Waals surface area contributed by atoms with Gasteiger partial charge >= 0.3 is 30.2 Å². The Morgan fingerprint density at radius 1 is 0.376 bits per heavy atom. The van der Waals surface area contributed by atoms with Gasteiger partial charge in [0.25, 0.3) is 0 Å². The molecular formula is C61H80Cl3N13O8. The number of anilines is 6. The Hall–Kier alpha value is -9.83. The highest BCUT2D eigenvalue weighted by Crippen LogP contribution is 2.25. The normalized spacial score (nSPS) is 8.79. The van der Waals surface area contributed by atoms with E-state index in [9.17, 15) is 38.4 Å². The fourth-order valence-corrected chi connectivity index (χ4v) is 5.74. The molecule has 18 N–H and O–H groups in total. The minimum atomic E-state index is -0.632. The van der Waals surface area contributed by atoms with Crippen molar-refractivity contribution in [1.29, 1.82) is 0 Å². The molecule has 21 nitrogen and oxygen atoms in total. The van der Waals surface area contributed by atoms with Crippen LogP contribution in [-0.4, -0.2) is 62.0 Å². The van der Waals surface area contributed by atoms with Gasteiger partial charge in [-0.2, -0.15) is 0 Å². The first-order valence-electron chi connectivity index (χ1n) is 25.2. The number of hydrogen-bond acceptors (Lipinski definition) is 8. The molecule has 7 rings (SSSR count). The number of nitrogens with two attached hydrogens (primary N) is 5. The van der Waals surface area contributed by atoms with Crippen LogP contribution in [0.4, 0.5) is 58.1 Å². The molecule has 0 saturated carbocycles. The van der Waals surface area contributed by atoms with Gasteiger partial charge in [0, 0.05) is 74.0 Å². The van der Waals surface area contributed by atoms with Crippen LogP contribution in [0.25, 0.3) is 0 Å². The van der Waals surface area contributed by atoms with Gasteiger partial charge in [-0.25, -0.2) is 24.0 Å². The van der Waals surface area contributed by atoms with Gasteiger partial charge in [-0.3, -0.25) is 14.4 Å². The van der Waals surface area contributed by atoms with Crippen molar-refractivity contribution < 1.29 is 38.4 Å². The van der Waals surface area contributed by atoms with Crippen LogP contribution >= 0.6 is 34.8 Å². The zero-order valence-electron chi connectivity index (χ0n) is 48.0. The summed E-state index contributed by atoms with van der Waals surface area (Å²) < 4.78 is 0. The third-order valence-electron chi connectivity index (χ3n) is 8.95. The first-order chi connectivity index (χ1) is 39.7. The van der Waals surface area contributed by atoms with Gasteiger partial charge in [-0.15, -0.1) is 0 Å². The fraction of sp³-hybridized carbons (Fsp3) is 0.180. The molecule has 0 aromatic heterocycles. The number of halogens is 3. The summed E-state index contributed by atoms with van der Waals surface area (Å²) in [4.78, 5) is 83.1. The number of aryl methyl sites for hydroxylation is 1. The second-order valence-corrected chi connectivity index (χ2v) is 17.7. The number of carbonyl (C=O) groups excluding carboxylic acids is 8. The Labute approximate surface area is 513 Å². The Morgan fingerprint density at radius 2 is 0.659 bits per heavy atom. The third kappa shape index (κ3) is 47.5. The van der Waals surface area contributed by atoms with Gasteiger partial charge in [0.2, 0.25) is 17.7 Å². The first kappa shape index (κ1) is 79.4. The second kappa shape index (κ2) is 48.8. The molecular weight excluding hydrogens is 1150 g/mol. The van der Waals surface area contributed by atoms with Crippen molar-refractivity contribution in [3.05, 3.63) is 214 Å². The van der Waals surface area contributed by atoms with Gasteiger partial charge < -0.3 is 71.2 Å². The maximum absolute atomic E-state index is 10.9. The number of carbonyl (C=O) groups is 8. The van der Waals surface area contributed by atoms with Crippen molar-refractivity contribution >= 4 is 117 Å². The van der Waals surface area contributed by atoms with E-state index >= 15 is 0 Å². The zero-order valence-corrected chi connectivity index (χ0v) is 50.3.